The average molecular weight is 302 g/mol. The van der Waals surface area contributed by atoms with Gasteiger partial charge in [-0.25, -0.2) is 0 Å². The number of aryl methyl sites for hydroxylation is 1. The molecule has 1 N–H and O–H groups in total. The van der Waals surface area contributed by atoms with E-state index in [-0.39, 0.29) is 23.8 Å². The maximum absolute atomic E-state index is 12.4. The summed E-state index contributed by atoms with van der Waals surface area (Å²) in [6, 6.07) is 8.42. The van der Waals surface area contributed by atoms with Crippen molar-refractivity contribution in [1.29, 1.82) is 0 Å². The van der Waals surface area contributed by atoms with E-state index in [1.165, 1.54) is 5.56 Å². The van der Waals surface area contributed by atoms with E-state index in [4.69, 9.17) is 0 Å². The summed E-state index contributed by atoms with van der Waals surface area (Å²) in [5.74, 6) is 0.228. The lowest BCUT2D eigenvalue weighted by Gasteiger charge is -2.31. The van der Waals surface area contributed by atoms with Crippen molar-refractivity contribution >= 4 is 11.8 Å². The number of benzene rings is 1. The summed E-state index contributed by atoms with van der Waals surface area (Å²) < 4.78 is 0. The molecule has 1 aliphatic rings. The minimum absolute atomic E-state index is 0.0178. The van der Waals surface area contributed by atoms with Gasteiger partial charge in [0.05, 0.1) is 6.04 Å². The molecule has 22 heavy (non-hydrogen) atoms. The Hall–Kier alpha value is -1.84. The molecule has 0 radical (unpaired) electrons. The zero-order valence-corrected chi connectivity index (χ0v) is 13.8. The van der Waals surface area contributed by atoms with Crippen LogP contribution in [0.4, 0.5) is 0 Å². The van der Waals surface area contributed by atoms with Gasteiger partial charge in [0.15, 0.2) is 0 Å². The highest BCUT2D eigenvalue weighted by Crippen LogP contribution is 2.20. The molecule has 0 saturated carbocycles. The molecule has 120 valence electrons. The van der Waals surface area contributed by atoms with Gasteiger partial charge in [-0.05, 0) is 37.3 Å². The monoisotopic (exact) mass is 302 g/mol. The molecule has 1 saturated heterocycles. The van der Waals surface area contributed by atoms with Gasteiger partial charge in [0.2, 0.25) is 11.8 Å². The first kappa shape index (κ1) is 16.5. The third kappa shape index (κ3) is 4.09. The van der Waals surface area contributed by atoms with Crippen LogP contribution in [0.3, 0.4) is 0 Å². The molecule has 1 heterocycles. The zero-order chi connectivity index (χ0) is 16.1. The molecule has 0 spiro atoms. The maximum atomic E-state index is 12.4. The molecule has 1 fully saturated rings. The van der Waals surface area contributed by atoms with Crippen LogP contribution in [0.15, 0.2) is 24.3 Å². The third-order valence-corrected chi connectivity index (χ3v) is 4.56. The van der Waals surface area contributed by atoms with Crippen LogP contribution in [-0.2, 0) is 16.0 Å². The van der Waals surface area contributed by atoms with Crippen molar-refractivity contribution in [3.63, 3.8) is 0 Å². The van der Waals surface area contributed by atoms with E-state index in [1.807, 2.05) is 11.8 Å². The molecule has 2 rings (SSSR count). The van der Waals surface area contributed by atoms with Gasteiger partial charge in [0, 0.05) is 25.9 Å². The number of carbonyl (C=O) groups excluding carboxylic acids is 2. The minimum atomic E-state index is 0.0178. The van der Waals surface area contributed by atoms with Crippen molar-refractivity contribution in [2.75, 3.05) is 13.1 Å². The van der Waals surface area contributed by atoms with Gasteiger partial charge < -0.3 is 10.2 Å². The Kier molecular flexibility index (Phi) is 5.58. The van der Waals surface area contributed by atoms with Gasteiger partial charge in [0.1, 0.15) is 0 Å². The molecule has 4 heteroatoms. The first-order valence-corrected chi connectivity index (χ1v) is 8.16. The van der Waals surface area contributed by atoms with Gasteiger partial charge in [-0.3, -0.25) is 9.59 Å². The Labute approximate surface area is 132 Å². The summed E-state index contributed by atoms with van der Waals surface area (Å²) in [5.41, 5.74) is 2.44. The number of hydrogen-bond donors (Lipinski definition) is 1. The number of nitrogens with one attached hydrogen (secondary N) is 1. The molecule has 1 aromatic carbocycles. The van der Waals surface area contributed by atoms with Crippen molar-refractivity contribution in [3.05, 3.63) is 35.4 Å². The van der Waals surface area contributed by atoms with Crippen LogP contribution >= 0.6 is 0 Å². The van der Waals surface area contributed by atoms with Crippen LogP contribution in [-0.4, -0.2) is 29.8 Å². The number of piperidine rings is 1. The second kappa shape index (κ2) is 7.43. The largest absolute Gasteiger partial charge is 0.349 e. The number of amides is 2. The molecular formula is C18H26N2O2. The molecule has 0 bridgehead atoms. The SMILES string of the molecule is CCc1ccc([C@H](C)NC(=O)C2CCN(C(C)=O)CC2)cc1. The first-order valence-electron chi connectivity index (χ1n) is 8.16. The third-order valence-electron chi connectivity index (χ3n) is 4.56. The van der Waals surface area contributed by atoms with Gasteiger partial charge in [0.25, 0.3) is 0 Å². The molecule has 1 atom stereocenters. The summed E-state index contributed by atoms with van der Waals surface area (Å²) in [5, 5.41) is 3.11. The van der Waals surface area contributed by atoms with Crippen LogP contribution in [0, 0.1) is 5.92 Å². The highest BCUT2D eigenvalue weighted by Gasteiger charge is 2.26. The Bertz CT molecular complexity index is 516. The van der Waals surface area contributed by atoms with E-state index in [0.717, 1.165) is 24.8 Å². The van der Waals surface area contributed by atoms with Crippen LogP contribution in [0.2, 0.25) is 0 Å². The van der Waals surface area contributed by atoms with Crippen LogP contribution in [0.5, 0.6) is 0 Å². The predicted octanol–water partition coefficient (Wildman–Crippen LogP) is 2.68. The van der Waals surface area contributed by atoms with Gasteiger partial charge in [-0.2, -0.15) is 0 Å². The second-order valence-electron chi connectivity index (χ2n) is 6.11. The molecule has 0 aromatic heterocycles. The number of likely N-dealkylation sites (tertiary alicyclic amines) is 1. The van der Waals surface area contributed by atoms with Gasteiger partial charge in [-0.15, -0.1) is 0 Å². The van der Waals surface area contributed by atoms with E-state index in [9.17, 15) is 9.59 Å². The zero-order valence-electron chi connectivity index (χ0n) is 13.8. The smallest absolute Gasteiger partial charge is 0.223 e. The van der Waals surface area contributed by atoms with E-state index >= 15 is 0 Å². The number of rotatable bonds is 4. The number of nitrogens with zero attached hydrogens (tertiary/aromatic N) is 1. The van der Waals surface area contributed by atoms with Gasteiger partial charge >= 0.3 is 0 Å². The highest BCUT2D eigenvalue weighted by molar-refractivity contribution is 5.80. The molecular weight excluding hydrogens is 276 g/mol. The first-order chi connectivity index (χ1) is 10.5. The molecule has 1 aromatic rings. The fourth-order valence-electron chi connectivity index (χ4n) is 2.91. The Balaban J connectivity index is 1.87. The van der Waals surface area contributed by atoms with Crippen LogP contribution in [0.25, 0.3) is 0 Å². The van der Waals surface area contributed by atoms with Crippen LogP contribution in [0.1, 0.15) is 50.8 Å². The molecule has 0 unspecified atom stereocenters. The van der Waals surface area contributed by atoms with Crippen LogP contribution < -0.4 is 5.32 Å². The molecule has 0 aliphatic carbocycles. The molecule has 4 nitrogen and oxygen atoms in total. The summed E-state index contributed by atoms with van der Waals surface area (Å²) in [7, 11) is 0. The van der Waals surface area contributed by atoms with Crippen molar-refractivity contribution in [1.82, 2.24) is 10.2 Å². The lowest BCUT2D eigenvalue weighted by molar-refractivity contribution is -0.134. The standard InChI is InChI=1S/C18H26N2O2/c1-4-15-5-7-16(8-6-15)13(2)19-18(22)17-9-11-20(12-10-17)14(3)21/h5-8,13,17H,4,9-12H2,1-3H3,(H,19,22)/t13-/m0/s1. The molecule has 2 amide bonds. The van der Waals surface area contributed by atoms with E-state index in [1.54, 1.807) is 6.92 Å². The van der Waals surface area contributed by atoms with Crippen molar-refractivity contribution < 1.29 is 9.59 Å². The normalized spacial score (nSPS) is 17.1. The fourth-order valence-corrected chi connectivity index (χ4v) is 2.91. The summed E-state index contributed by atoms with van der Waals surface area (Å²) >= 11 is 0. The van der Waals surface area contributed by atoms with Crippen molar-refractivity contribution in [2.45, 2.75) is 46.1 Å². The summed E-state index contributed by atoms with van der Waals surface area (Å²) in [6.07, 6.45) is 2.54. The fraction of sp³-hybridized carbons (Fsp3) is 0.556. The minimum Gasteiger partial charge on any atom is -0.349 e. The Morgan fingerprint density at radius 3 is 2.32 bits per heavy atom. The highest BCUT2D eigenvalue weighted by atomic mass is 16.2. The second-order valence-corrected chi connectivity index (χ2v) is 6.11. The Morgan fingerprint density at radius 1 is 1.23 bits per heavy atom. The topological polar surface area (TPSA) is 49.4 Å². The van der Waals surface area contributed by atoms with E-state index < -0.39 is 0 Å². The predicted molar refractivity (Wildman–Crippen MR) is 87.4 cm³/mol. The average Bonchev–Trinajstić information content (AvgIpc) is 2.54. The van der Waals surface area contributed by atoms with Crippen molar-refractivity contribution in [3.8, 4) is 0 Å². The van der Waals surface area contributed by atoms with Gasteiger partial charge in [-0.1, -0.05) is 31.2 Å². The number of carbonyl (C=O) groups is 2. The summed E-state index contributed by atoms with van der Waals surface area (Å²) in [4.78, 5) is 25.5. The summed E-state index contributed by atoms with van der Waals surface area (Å²) in [6.45, 7) is 7.11. The lowest BCUT2D eigenvalue weighted by atomic mass is 9.95. The van der Waals surface area contributed by atoms with E-state index in [0.29, 0.717) is 13.1 Å². The maximum Gasteiger partial charge on any atom is 0.223 e. The van der Waals surface area contributed by atoms with E-state index in [2.05, 4.69) is 36.5 Å². The number of hydrogen-bond acceptors (Lipinski definition) is 2. The quantitative estimate of drug-likeness (QED) is 0.929. The van der Waals surface area contributed by atoms with Crippen molar-refractivity contribution in [2.24, 2.45) is 5.92 Å². The Morgan fingerprint density at radius 2 is 1.82 bits per heavy atom. The molecule has 1 aliphatic heterocycles. The lowest BCUT2D eigenvalue weighted by Crippen LogP contribution is -2.42.